The van der Waals surface area contributed by atoms with Crippen molar-refractivity contribution in [1.29, 1.82) is 0 Å². The standard InChI is InChI=1S/C20H22IN9O2/c1-28-8-13(9-28)12-5-6-16-24-20(27-30(16)10-12)22-14-7-15(23-18(31)11-3-4-11)25-26-17(14)19(32)29(2)21/h5-7,10-11,13H,3-4,8-9H2,1-2H3,(H2,22,23,25,27,31). The first-order valence-electron chi connectivity index (χ1n) is 10.3. The number of nitrogens with zero attached hydrogens (tertiary/aromatic N) is 7. The van der Waals surface area contributed by atoms with Gasteiger partial charge in [-0.2, -0.15) is 4.98 Å². The lowest BCUT2D eigenvalue weighted by Crippen LogP contribution is -2.41. The zero-order chi connectivity index (χ0) is 22.4. The molecule has 3 aromatic heterocycles. The van der Waals surface area contributed by atoms with E-state index in [9.17, 15) is 9.59 Å². The Hall–Kier alpha value is -2.87. The van der Waals surface area contributed by atoms with Gasteiger partial charge in [-0.25, -0.2) is 4.52 Å². The quantitative estimate of drug-likeness (QED) is 0.356. The molecule has 2 aliphatic rings. The third kappa shape index (κ3) is 4.24. The van der Waals surface area contributed by atoms with Crippen LogP contribution in [0.1, 0.15) is 34.8 Å². The number of pyridine rings is 1. The number of aromatic nitrogens is 5. The van der Waals surface area contributed by atoms with Gasteiger partial charge in [-0.3, -0.25) is 12.7 Å². The molecule has 4 heterocycles. The molecule has 2 fully saturated rings. The molecule has 32 heavy (non-hydrogen) atoms. The van der Waals surface area contributed by atoms with Crippen molar-refractivity contribution in [2.75, 3.05) is 37.8 Å². The number of fused-ring (bicyclic) bond motifs is 1. The number of carbonyl (C=O) groups excluding carboxylic acids is 2. The van der Waals surface area contributed by atoms with E-state index in [0.29, 0.717) is 23.2 Å². The molecule has 3 aromatic rings. The summed E-state index contributed by atoms with van der Waals surface area (Å²) in [6.07, 6.45) is 3.75. The Morgan fingerprint density at radius 3 is 2.69 bits per heavy atom. The van der Waals surface area contributed by atoms with E-state index >= 15 is 0 Å². The summed E-state index contributed by atoms with van der Waals surface area (Å²) in [6, 6.07) is 5.59. The Morgan fingerprint density at radius 2 is 2.00 bits per heavy atom. The van der Waals surface area contributed by atoms with Crippen molar-refractivity contribution in [1.82, 2.24) is 32.8 Å². The molecule has 2 amide bonds. The summed E-state index contributed by atoms with van der Waals surface area (Å²) in [7, 11) is 3.72. The number of likely N-dealkylation sites (tertiary alicyclic amines) is 1. The van der Waals surface area contributed by atoms with E-state index in [1.54, 1.807) is 17.6 Å². The van der Waals surface area contributed by atoms with E-state index < -0.39 is 0 Å². The molecule has 0 bridgehead atoms. The zero-order valence-electron chi connectivity index (χ0n) is 17.6. The van der Waals surface area contributed by atoms with Gasteiger partial charge in [0.1, 0.15) is 0 Å². The molecule has 0 aromatic carbocycles. The molecule has 1 saturated carbocycles. The number of carbonyl (C=O) groups is 2. The van der Waals surface area contributed by atoms with Crippen LogP contribution in [-0.4, -0.2) is 71.8 Å². The van der Waals surface area contributed by atoms with Crippen LogP contribution in [0.2, 0.25) is 0 Å². The highest BCUT2D eigenvalue weighted by molar-refractivity contribution is 14.1. The van der Waals surface area contributed by atoms with Gasteiger partial charge in [0.15, 0.2) is 17.2 Å². The molecule has 1 aliphatic carbocycles. The van der Waals surface area contributed by atoms with Crippen molar-refractivity contribution >= 4 is 57.8 Å². The molecule has 0 radical (unpaired) electrons. The van der Waals surface area contributed by atoms with Crippen molar-refractivity contribution < 1.29 is 9.59 Å². The molecule has 5 rings (SSSR count). The Balaban J connectivity index is 1.43. The van der Waals surface area contributed by atoms with Gasteiger partial charge in [0, 0.05) is 44.2 Å². The molecule has 11 nitrogen and oxygen atoms in total. The minimum absolute atomic E-state index is 0.0275. The van der Waals surface area contributed by atoms with E-state index in [4.69, 9.17) is 0 Å². The summed E-state index contributed by atoms with van der Waals surface area (Å²) < 4.78 is 3.11. The van der Waals surface area contributed by atoms with E-state index in [0.717, 1.165) is 25.9 Å². The van der Waals surface area contributed by atoms with Crippen molar-refractivity contribution in [2.45, 2.75) is 18.8 Å². The minimum atomic E-state index is -0.333. The lowest BCUT2D eigenvalue weighted by Gasteiger charge is -2.36. The molecular weight excluding hydrogens is 525 g/mol. The molecule has 1 saturated heterocycles. The minimum Gasteiger partial charge on any atom is -0.321 e. The third-order valence-electron chi connectivity index (χ3n) is 5.61. The maximum Gasteiger partial charge on any atom is 0.284 e. The van der Waals surface area contributed by atoms with Crippen LogP contribution in [-0.2, 0) is 4.79 Å². The van der Waals surface area contributed by atoms with Crippen LogP contribution in [0.5, 0.6) is 0 Å². The van der Waals surface area contributed by atoms with Crippen molar-refractivity contribution in [3.63, 3.8) is 0 Å². The fraction of sp³-hybridized carbons (Fsp3) is 0.400. The number of halogens is 1. The first-order chi connectivity index (χ1) is 15.4. The number of rotatable bonds is 6. The molecule has 0 atom stereocenters. The van der Waals surface area contributed by atoms with Gasteiger partial charge in [-0.05, 0) is 31.5 Å². The summed E-state index contributed by atoms with van der Waals surface area (Å²) in [5.41, 5.74) is 2.39. The highest BCUT2D eigenvalue weighted by atomic mass is 127. The Bertz CT molecular complexity index is 1200. The first-order valence-corrected chi connectivity index (χ1v) is 11.3. The second kappa shape index (κ2) is 8.24. The van der Waals surface area contributed by atoms with Gasteiger partial charge in [0.2, 0.25) is 11.9 Å². The first kappa shape index (κ1) is 21.0. The third-order valence-corrected chi connectivity index (χ3v) is 6.05. The van der Waals surface area contributed by atoms with Crippen LogP contribution in [0.15, 0.2) is 24.4 Å². The fourth-order valence-corrected chi connectivity index (χ4v) is 3.88. The van der Waals surface area contributed by atoms with E-state index in [2.05, 4.69) is 48.9 Å². The van der Waals surface area contributed by atoms with Crippen LogP contribution in [0, 0.1) is 5.92 Å². The van der Waals surface area contributed by atoms with Crippen LogP contribution in [0.4, 0.5) is 17.5 Å². The summed E-state index contributed by atoms with van der Waals surface area (Å²) in [5, 5.41) is 18.4. The van der Waals surface area contributed by atoms with Gasteiger partial charge < -0.3 is 15.5 Å². The average molecular weight is 547 g/mol. The van der Waals surface area contributed by atoms with Gasteiger partial charge >= 0.3 is 0 Å². The predicted octanol–water partition coefficient (Wildman–Crippen LogP) is 2.06. The average Bonchev–Trinajstić information content (AvgIpc) is 3.51. The lowest BCUT2D eigenvalue weighted by atomic mass is 9.93. The Morgan fingerprint density at radius 1 is 1.22 bits per heavy atom. The van der Waals surface area contributed by atoms with Crippen molar-refractivity contribution in [3.8, 4) is 0 Å². The number of hydrogen-bond acceptors (Lipinski definition) is 8. The zero-order valence-corrected chi connectivity index (χ0v) is 19.8. The van der Waals surface area contributed by atoms with Crippen LogP contribution < -0.4 is 10.6 Å². The predicted molar refractivity (Wildman–Crippen MR) is 126 cm³/mol. The fourth-order valence-electron chi connectivity index (χ4n) is 3.65. The van der Waals surface area contributed by atoms with Gasteiger partial charge in [0.25, 0.3) is 5.91 Å². The largest absolute Gasteiger partial charge is 0.321 e. The summed E-state index contributed by atoms with van der Waals surface area (Å²) in [5.74, 6) is 0.703. The number of amides is 2. The van der Waals surface area contributed by atoms with Gasteiger partial charge in [-0.1, -0.05) is 6.07 Å². The normalized spacial score (nSPS) is 16.6. The second-order valence-corrected chi connectivity index (χ2v) is 9.73. The van der Waals surface area contributed by atoms with E-state index in [1.807, 2.05) is 35.1 Å². The molecular formula is C20H22IN9O2. The summed E-state index contributed by atoms with van der Waals surface area (Å²) >= 11 is 1.88. The molecule has 166 valence electrons. The monoisotopic (exact) mass is 547 g/mol. The van der Waals surface area contributed by atoms with Crippen LogP contribution >= 0.6 is 22.9 Å². The molecule has 2 N–H and O–H groups in total. The summed E-state index contributed by atoms with van der Waals surface area (Å²) in [4.78, 5) is 31.5. The van der Waals surface area contributed by atoms with Gasteiger partial charge in [-0.15, -0.1) is 15.3 Å². The number of likely N-dealkylation sites (N-methyl/N-ethyl adjacent to an activating group) is 1. The maximum absolute atomic E-state index is 12.6. The number of anilines is 3. The highest BCUT2D eigenvalue weighted by Crippen LogP contribution is 2.31. The topological polar surface area (TPSA) is 121 Å². The Kier molecular flexibility index (Phi) is 5.41. The number of hydrogen-bond donors (Lipinski definition) is 2. The smallest absolute Gasteiger partial charge is 0.284 e. The van der Waals surface area contributed by atoms with Crippen molar-refractivity contribution in [3.05, 3.63) is 35.7 Å². The lowest BCUT2D eigenvalue weighted by molar-refractivity contribution is -0.117. The summed E-state index contributed by atoms with van der Waals surface area (Å²) in [6.45, 7) is 2.05. The SMILES string of the molecule is CN1CC(c2ccc3nc(Nc4cc(NC(=O)C5CC5)nnc4C(=O)N(C)I)nn3c2)C1. The van der Waals surface area contributed by atoms with E-state index in [1.165, 1.54) is 8.68 Å². The highest BCUT2D eigenvalue weighted by Gasteiger charge is 2.30. The van der Waals surface area contributed by atoms with E-state index in [-0.39, 0.29) is 29.2 Å². The Labute approximate surface area is 198 Å². The molecule has 1 aliphatic heterocycles. The molecule has 0 unspecified atom stereocenters. The van der Waals surface area contributed by atoms with Gasteiger partial charge in [0.05, 0.1) is 28.6 Å². The van der Waals surface area contributed by atoms with Crippen LogP contribution in [0.3, 0.4) is 0 Å². The maximum atomic E-state index is 12.6. The second-order valence-electron chi connectivity index (χ2n) is 8.28. The molecule has 12 heteroatoms. The number of nitrogens with one attached hydrogen (secondary N) is 2. The molecule has 0 spiro atoms. The van der Waals surface area contributed by atoms with Crippen LogP contribution in [0.25, 0.3) is 5.65 Å². The van der Waals surface area contributed by atoms with Crippen molar-refractivity contribution in [2.24, 2.45) is 5.92 Å².